The van der Waals surface area contributed by atoms with Crippen LogP contribution in [0.3, 0.4) is 0 Å². The SMILES string of the molecule is CC(C)[C@H](NC(=O)OC(C)(C)C)C(=O)OC[C@H]1O[C@@H]([n+]2cccc(C(N)=O)c2)[C@H](O)[C@@H]1O. The zero-order valence-electron chi connectivity index (χ0n) is 18.8. The molecule has 32 heavy (non-hydrogen) atoms. The van der Waals surface area contributed by atoms with Crippen molar-refractivity contribution in [2.45, 2.75) is 70.8 Å². The van der Waals surface area contributed by atoms with E-state index in [1.165, 1.54) is 16.8 Å². The molecule has 0 aromatic carbocycles. The van der Waals surface area contributed by atoms with E-state index in [9.17, 15) is 24.6 Å². The number of nitrogens with one attached hydrogen (secondary N) is 1. The average molecular weight is 455 g/mol. The van der Waals surface area contributed by atoms with Gasteiger partial charge in [-0.1, -0.05) is 13.8 Å². The Morgan fingerprint density at radius 2 is 1.91 bits per heavy atom. The fraction of sp³-hybridized carbons (Fsp3) is 0.619. The first-order valence-electron chi connectivity index (χ1n) is 10.3. The fourth-order valence-corrected chi connectivity index (χ4v) is 3.10. The second-order valence-electron chi connectivity index (χ2n) is 8.95. The van der Waals surface area contributed by atoms with Gasteiger partial charge in [0.25, 0.3) is 12.1 Å². The molecule has 0 radical (unpaired) electrons. The minimum atomic E-state index is -1.35. The molecule has 1 aliphatic rings. The van der Waals surface area contributed by atoms with Gasteiger partial charge in [-0.25, -0.2) is 9.59 Å². The summed E-state index contributed by atoms with van der Waals surface area (Å²) in [6.07, 6.45) is -2.57. The molecule has 11 nitrogen and oxygen atoms in total. The number of ether oxygens (including phenoxy) is 3. The van der Waals surface area contributed by atoms with E-state index >= 15 is 0 Å². The van der Waals surface area contributed by atoms with E-state index < -0.39 is 54.2 Å². The van der Waals surface area contributed by atoms with E-state index in [0.29, 0.717) is 0 Å². The number of pyridine rings is 1. The fourth-order valence-electron chi connectivity index (χ4n) is 3.10. The van der Waals surface area contributed by atoms with Gasteiger partial charge in [-0.2, -0.15) is 4.57 Å². The molecule has 1 aromatic heterocycles. The van der Waals surface area contributed by atoms with Crippen molar-refractivity contribution in [1.29, 1.82) is 0 Å². The predicted molar refractivity (Wildman–Crippen MR) is 110 cm³/mol. The molecule has 1 saturated heterocycles. The van der Waals surface area contributed by atoms with Gasteiger partial charge in [0.2, 0.25) is 0 Å². The number of alkyl carbamates (subject to hydrolysis) is 1. The topological polar surface area (TPSA) is 161 Å². The number of nitrogens with two attached hydrogens (primary N) is 1. The van der Waals surface area contributed by atoms with Gasteiger partial charge < -0.3 is 35.5 Å². The Balaban J connectivity index is 2.01. The van der Waals surface area contributed by atoms with E-state index in [1.54, 1.807) is 46.9 Å². The van der Waals surface area contributed by atoms with Crippen LogP contribution in [0.25, 0.3) is 0 Å². The summed E-state index contributed by atoms with van der Waals surface area (Å²) in [6, 6.07) is 2.07. The molecule has 0 saturated carbocycles. The summed E-state index contributed by atoms with van der Waals surface area (Å²) in [7, 11) is 0. The van der Waals surface area contributed by atoms with Gasteiger partial charge in [-0.15, -0.1) is 0 Å². The van der Waals surface area contributed by atoms with Gasteiger partial charge in [-0.05, 0) is 32.8 Å². The van der Waals surface area contributed by atoms with Crippen LogP contribution in [0.4, 0.5) is 4.79 Å². The van der Waals surface area contributed by atoms with Gasteiger partial charge in [-0.3, -0.25) is 4.79 Å². The number of primary amides is 1. The molecule has 11 heteroatoms. The number of carbonyl (C=O) groups is 3. The van der Waals surface area contributed by atoms with Gasteiger partial charge in [0.1, 0.15) is 36.0 Å². The summed E-state index contributed by atoms with van der Waals surface area (Å²) in [6.45, 7) is 8.20. The Morgan fingerprint density at radius 3 is 2.47 bits per heavy atom. The first-order chi connectivity index (χ1) is 14.8. The maximum atomic E-state index is 12.6. The van der Waals surface area contributed by atoms with Crippen molar-refractivity contribution in [3.8, 4) is 0 Å². The number of aliphatic hydroxyl groups is 2. The molecule has 1 aromatic rings. The number of amides is 2. The molecular formula is C21H32N3O8+. The molecule has 2 rings (SSSR count). The lowest BCUT2D eigenvalue weighted by molar-refractivity contribution is -0.765. The van der Waals surface area contributed by atoms with Crippen LogP contribution >= 0.6 is 0 Å². The van der Waals surface area contributed by atoms with E-state index in [0.717, 1.165) is 0 Å². The number of hydrogen-bond acceptors (Lipinski definition) is 8. The minimum absolute atomic E-state index is 0.195. The lowest BCUT2D eigenvalue weighted by Crippen LogP contribution is -2.48. The molecule has 5 N–H and O–H groups in total. The Hall–Kier alpha value is -2.76. The number of aromatic nitrogens is 1. The van der Waals surface area contributed by atoms with Crippen LogP contribution < -0.4 is 15.6 Å². The molecule has 1 aliphatic heterocycles. The highest BCUT2D eigenvalue weighted by Gasteiger charge is 2.49. The van der Waals surface area contributed by atoms with Crippen LogP contribution in [0.5, 0.6) is 0 Å². The molecule has 0 bridgehead atoms. The number of hydrogen-bond donors (Lipinski definition) is 4. The molecule has 1 fully saturated rings. The average Bonchev–Trinajstić information content (AvgIpc) is 2.97. The molecular weight excluding hydrogens is 422 g/mol. The molecule has 0 spiro atoms. The lowest BCUT2D eigenvalue weighted by Gasteiger charge is -2.25. The molecule has 178 valence electrons. The number of carbonyl (C=O) groups excluding carboxylic acids is 3. The first kappa shape index (κ1) is 25.5. The Bertz CT molecular complexity index is 839. The van der Waals surface area contributed by atoms with Crippen molar-refractivity contribution in [2.24, 2.45) is 11.7 Å². The highest BCUT2D eigenvalue weighted by Crippen LogP contribution is 2.26. The highest BCUT2D eigenvalue weighted by molar-refractivity contribution is 5.92. The van der Waals surface area contributed by atoms with Crippen LogP contribution in [-0.2, 0) is 19.0 Å². The van der Waals surface area contributed by atoms with Gasteiger partial charge in [0, 0.05) is 6.07 Å². The Morgan fingerprint density at radius 1 is 1.25 bits per heavy atom. The molecule has 5 atom stereocenters. The van der Waals surface area contributed by atoms with E-state index in [1.807, 2.05) is 0 Å². The van der Waals surface area contributed by atoms with E-state index in [2.05, 4.69) is 5.32 Å². The highest BCUT2D eigenvalue weighted by atomic mass is 16.6. The van der Waals surface area contributed by atoms with Crippen LogP contribution in [-0.4, -0.2) is 64.7 Å². The van der Waals surface area contributed by atoms with Gasteiger partial charge in [0.05, 0.1) is 0 Å². The minimum Gasteiger partial charge on any atom is -0.461 e. The van der Waals surface area contributed by atoms with Crippen LogP contribution in [0.1, 0.15) is 51.2 Å². The summed E-state index contributed by atoms with van der Waals surface area (Å²) in [4.78, 5) is 36.0. The number of rotatable bonds is 7. The van der Waals surface area contributed by atoms with Crippen molar-refractivity contribution in [1.82, 2.24) is 5.32 Å². The predicted octanol–water partition coefficient (Wildman–Crippen LogP) is -0.215. The quantitative estimate of drug-likeness (QED) is 0.325. The van der Waals surface area contributed by atoms with Crippen LogP contribution in [0.15, 0.2) is 24.5 Å². The van der Waals surface area contributed by atoms with Crippen LogP contribution in [0, 0.1) is 5.92 Å². The molecule has 2 amide bonds. The second-order valence-corrected chi connectivity index (χ2v) is 8.95. The van der Waals surface area contributed by atoms with Gasteiger partial charge in [0.15, 0.2) is 18.5 Å². The van der Waals surface area contributed by atoms with Gasteiger partial charge >= 0.3 is 12.1 Å². The van der Waals surface area contributed by atoms with Crippen LogP contribution in [0.2, 0.25) is 0 Å². The Kier molecular flexibility index (Phi) is 8.16. The summed E-state index contributed by atoms with van der Waals surface area (Å²) in [5.74, 6) is -1.69. The maximum Gasteiger partial charge on any atom is 0.408 e. The monoisotopic (exact) mass is 454 g/mol. The zero-order valence-corrected chi connectivity index (χ0v) is 18.8. The van der Waals surface area contributed by atoms with Crippen molar-refractivity contribution in [3.63, 3.8) is 0 Å². The second kappa shape index (κ2) is 10.2. The first-order valence-corrected chi connectivity index (χ1v) is 10.3. The molecule has 0 unspecified atom stereocenters. The number of nitrogens with zero attached hydrogens (tertiary/aromatic N) is 1. The summed E-state index contributed by atoms with van der Waals surface area (Å²) in [5, 5.41) is 23.2. The van der Waals surface area contributed by atoms with Crippen molar-refractivity contribution in [3.05, 3.63) is 30.1 Å². The third-order valence-electron chi connectivity index (χ3n) is 4.72. The van der Waals surface area contributed by atoms with Crippen molar-refractivity contribution in [2.75, 3.05) is 6.61 Å². The third kappa shape index (κ3) is 6.62. The summed E-state index contributed by atoms with van der Waals surface area (Å²) < 4.78 is 17.5. The zero-order chi connectivity index (χ0) is 24.2. The smallest absolute Gasteiger partial charge is 0.408 e. The molecule has 0 aliphatic carbocycles. The van der Waals surface area contributed by atoms with E-state index in [-0.39, 0.29) is 18.1 Å². The Labute approximate surface area is 186 Å². The number of esters is 1. The van der Waals surface area contributed by atoms with Crippen molar-refractivity contribution < 1.29 is 43.4 Å². The lowest BCUT2D eigenvalue weighted by atomic mass is 10.1. The van der Waals surface area contributed by atoms with E-state index in [4.69, 9.17) is 19.9 Å². The number of aliphatic hydroxyl groups excluding tert-OH is 2. The third-order valence-corrected chi connectivity index (χ3v) is 4.72. The maximum absolute atomic E-state index is 12.6. The molecule has 2 heterocycles. The summed E-state index contributed by atoms with van der Waals surface area (Å²) >= 11 is 0. The normalized spacial score (nSPS) is 24.1. The largest absolute Gasteiger partial charge is 0.461 e. The summed E-state index contributed by atoms with van der Waals surface area (Å²) in [5.41, 5.74) is 4.74. The standard InChI is InChI=1S/C21H31N3O8/c1-11(2)14(23-20(29)32-21(3,4)5)19(28)30-10-13-15(25)16(26)18(31-13)24-8-6-7-12(9-24)17(22)27/h6-9,11,13-16,18,25-26H,10H2,1-5H3,(H2-,22,23,27,29)/p+1/t13-,14+,15-,16-,18-/m1/s1. The van der Waals surface area contributed by atoms with Crippen molar-refractivity contribution >= 4 is 18.0 Å².